The summed E-state index contributed by atoms with van der Waals surface area (Å²) in [6.07, 6.45) is 0. The zero-order valence-electron chi connectivity index (χ0n) is 9.77. The van der Waals surface area contributed by atoms with E-state index in [2.05, 4.69) is 74.5 Å². The van der Waals surface area contributed by atoms with Crippen molar-refractivity contribution in [1.29, 1.82) is 0 Å². The summed E-state index contributed by atoms with van der Waals surface area (Å²) in [5.41, 5.74) is 2.56. The molecule has 0 bridgehead atoms. The maximum atomic E-state index is 2.21. The van der Waals surface area contributed by atoms with Crippen LogP contribution >= 0.6 is 0 Å². The van der Waals surface area contributed by atoms with Crippen molar-refractivity contribution >= 4 is 10.8 Å². The maximum absolute atomic E-state index is 2.21. The van der Waals surface area contributed by atoms with Crippen LogP contribution in [-0.2, 0) is 0 Å². The topological polar surface area (TPSA) is 0 Å². The number of benzene rings is 1. The van der Waals surface area contributed by atoms with E-state index < -0.39 is 0 Å². The molecule has 0 aliphatic carbocycles. The lowest BCUT2D eigenvalue weighted by Gasteiger charge is -1.95. The Morgan fingerprint density at radius 1 is 0.562 bits per heavy atom. The summed E-state index contributed by atoms with van der Waals surface area (Å²) < 4.78 is 0. The van der Waals surface area contributed by atoms with Crippen LogP contribution in [-0.4, -0.2) is 0 Å². The predicted molar refractivity (Wildman–Crippen MR) is 71.1 cm³/mol. The largest absolute Gasteiger partial charge is 0.0620 e. The van der Waals surface area contributed by atoms with E-state index in [9.17, 15) is 0 Å². The van der Waals surface area contributed by atoms with E-state index >= 15 is 0 Å². The minimum absolute atomic E-state index is 1.26. The third-order valence-electron chi connectivity index (χ3n) is 2.62. The number of rotatable bonds is 0. The monoisotopic (exact) mass is 208 g/mol. The molecule has 0 unspecified atom stereocenters. The van der Waals surface area contributed by atoms with Gasteiger partial charge in [0.2, 0.25) is 0 Å². The fourth-order valence-corrected chi connectivity index (χ4v) is 1.72. The lowest BCUT2D eigenvalue weighted by atomic mass is 10.1. The molecule has 0 radical (unpaired) electrons. The van der Waals surface area contributed by atoms with Gasteiger partial charge in [0.15, 0.2) is 0 Å². The number of hydrogen-bond acceptors (Lipinski definition) is 0. The second-order valence-electron chi connectivity index (χ2n) is 4.12. The molecule has 0 heteroatoms. The molecule has 0 amide bonds. The van der Waals surface area contributed by atoms with Crippen molar-refractivity contribution in [3.8, 4) is 0 Å². The number of fused-ring (bicyclic) bond motifs is 1. The first-order chi connectivity index (χ1) is 7.75. The minimum Gasteiger partial charge on any atom is -0.0620 e. The van der Waals surface area contributed by atoms with Gasteiger partial charge in [-0.2, -0.15) is 0 Å². The Labute approximate surface area is 96.9 Å². The first-order valence-corrected chi connectivity index (χ1v) is 5.56. The van der Waals surface area contributed by atoms with Crippen LogP contribution in [0.4, 0.5) is 0 Å². The summed E-state index contributed by atoms with van der Waals surface area (Å²) in [6, 6.07) is 21.3. The molecule has 0 saturated carbocycles. The first-order valence-electron chi connectivity index (χ1n) is 5.56. The smallest absolute Gasteiger partial charge is 0.0181 e. The van der Waals surface area contributed by atoms with E-state index in [-0.39, 0.29) is 0 Å². The van der Waals surface area contributed by atoms with Crippen LogP contribution in [0.15, 0.2) is 60.7 Å². The van der Waals surface area contributed by atoms with Crippen molar-refractivity contribution in [2.75, 3.05) is 0 Å². The molecule has 0 fully saturated rings. The van der Waals surface area contributed by atoms with Crippen molar-refractivity contribution in [2.45, 2.75) is 13.8 Å². The van der Waals surface area contributed by atoms with Crippen molar-refractivity contribution in [3.05, 3.63) is 71.8 Å². The zero-order chi connectivity index (χ0) is 11.4. The van der Waals surface area contributed by atoms with Gasteiger partial charge in [-0.05, 0) is 24.6 Å². The molecule has 2 aromatic rings. The minimum atomic E-state index is 1.26. The highest BCUT2D eigenvalue weighted by atomic mass is 13.9. The summed E-state index contributed by atoms with van der Waals surface area (Å²) >= 11 is 0. The lowest BCUT2D eigenvalue weighted by molar-refractivity contribution is 1.49. The van der Waals surface area contributed by atoms with Gasteiger partial charge in [0.25, 0.3) is 0 Å². The Morgan fingerprint density at radius 3 is 2.12 bits per heavy atom. The third-order valence-corrected chi connectivity index (χ3v) is 2.62. The van der Waals surface area contributed by atoms with Gasteiger partial charge in [0.05, 0.1) is 0 Å². The molecule has 0 spiro atoms. The normalized spacial score (nSPS) is 9.88. The number of hydrogen-bond donors (Lipinski definition) is 0. The summed E-state index contributed by atoms with van der Waals surface area (Å²) in [7, 11) is 0. The highest BCUT2D eigenvalue weighted by Crippen LogP contribution is 2.13. The van der Waals surface area contributed by atoms with Gasteiger partial charge in [-0.15, -0.1) is 0 Å². The van der Waals surface area contributed by atoms with E-state index in [0.29, 0.717) is 0 Å². The zero-order valence-corrected chi connectivity index (χ0v) is 9.77. The van der Waals surface area contributed by atoms with E-state index in [4.69, 9.17) is 0 Å². The van der Waals surface area contributed by atoms with Crippen molar-refractivity contribution in [1.82, 2.24) is 0 Å². The highest BCUT2D eigenvalue weighted by molar-refractivity contribution is 5.81. The summed E-state index contributed by atoms with van der Waals surface area (Å²) in [4.78, 5) is 0. The standard InChI is InChI=1S/C16H16/c1-13-6-3-4-8-16-12-14(2)10-11-15(16)9-5-7-13/h3-12H,1-2H3. The second kappa shape index (κ2) is 4.80. The maximum Gasteiger partial charge on any atom is -0.0181 e. The molecule has 16 heavy (non-hydrogen) atoms. The second-order valence-corrected chi connectivity index (χ2v) is 4.12. The Kier molecular flexibility index (Phi) is 3.21. The van der Waals surface area contributed by atoms with Crippen LogP contribution in [0.2, 0.25) is 0 Å². The number of aryl methyl sites for hydroxylation is 2. The van der Waals surface area contributed by atoms with E-state index in [0.717, 1.165) is 0 Å². The molecular formula is C16H16. The molecule has 0 aliphatic heterocycles. The molecular weight excluding hydrogens is 192 g/mol. The van der Waals surface area contributed by atoms with Gasteiger partial charge in [-0.3, -0.25) is 0 Å². The van der Waals surface area contributed by atoms with Crippen LogP contribution in [0.1, 0.15) is 11.1 Å². The summed E-state index contributed by atoms with van der Waals surface area (Å²) in [5.74, 6) is 0. The Bertz CT molecular complexity index is 548. The van der Waals surface area contributed by atoms with Gasteiger partial charge < -0.3 is 0 Å². The average molecular weight is 208 g/mol. The molecule has 0 heterocycles. The van der Waals surface area contributed by atoms with Crippen LogP contribution in [0, 0.1) is 13.8 Å². The molecule has 0 aromatic heterocycles. The van der Waals surface area contributed by atoms with Crippen LogP contribution in [0.25, 0.3) is 10.8 Å². The van der Waals surface area contributed by atoms with E-state index in [1.807, 2.05) is 0 Å². The van der Waals surface area contributed by atoms with E-state index in [1.54, 1.807) is 0 Å². The first kappa shape index (κ1) is 10.7. The van der Waals surface area contributed by atoms with Crippen molar-refractivity contribution in [2.24, 2.45) is 0 Å². The predicted octanol–water partition coefficient (Wildman–Crippen LogP) is 4.58. The van der Waals surface area contributed by atoms with Gasteiger partial charge in [-0.25, -0.2) is 0 Å². The highest BCUT2D eigenvalue weighted by Gasteiger charge is 1.88. The Morgan fingerprint density at radius 2 is 1.25 bits per heavy atom. The van der Waals surface area contributed by atoms with Crippen LogP contribution in [0.5, 0.6) is 0 Å². The van der Waals surface area contributed by atoms with Gasteiger partial charge >= 0.3 is 0 Å². The molecule has 80 valence electrons. The van der Waals surface area contributed by atoms with Crippen molar-refractivity contribution < 1.29 is 0 Å². The molecule has 0 saturated heterocycles. The third kappa shape index (κ3) is 2.60. The van der Waals surface area contributed by atoms with Gasteiger partial charge in [-0.1, -0.05) is 71.8 Å². The molecule has 0 nitrogen and oxygen atoms in total. The van der Waals surface area contributed by atoms with Crippen LogP contribution < -0.4 is 0 Å². The van der Waals surface area contributed by atoms with Gasteiger partial charge in [0.1, 0.15) is 0 Å². The molecule has 0 aliphatic rings. The Balaban J connectivity index is 2.75. The fraction of sp³-hybridized carbons (Fsp3) is 0.125. The lowest BCUT2D eigenvalue weighted by Crippen LogP contribution is -1.72. The molecule has 2 aromatic carbocycles. The summed E-state index contributed by atoms with van der Waals surface area (Å²) in [5, 5.41) is 2.54. The fourth-order valence-electron chi connectivity index (χ4n) is 1.72. The average Bonchev–Trinajstić information content (AvgIpc) is 2.27. The van der Waals surface area contributed by atoms with E-state index in [1.165, 1.54) is 21.9 Å². The Hall–Kier alpha value is -1.82. The van der Waals surface area contributed by atoms with Crippen LogP contribution in [0.3, 0.4) is 0 Å². The van der Waals surface area contributed by atoms with Crippen molar-refractivity contribution in [3.63, 3.8) is 0 Å². The molecule has 0 N–H and O–H groups in total. The molecule has 2 rings (SSSR count). The summed E-state index contributed by atoms with van der Waals surface area (Å²) in [6.45, 7) is 4.23. The SMILES string of the molecule is Cc1ccccc2cc(C)ccc2ccc1. The molecule has 0 atom stereocenters. The quantitative estimate of drug-likeness (QED) is 0.594. The van der Waals surface area contributed by atoms with Gasteiger partial charge in [0, 0.05) is 0 Å².